The molecule has 1 unspecified atom stereocenters. The predicted molar refractivity (Wildman–Crippen MR) is 41.9 cm³/mol. The summed E-state index contributed by atoms with van der Waals surface area (Å²) < 4.78 is 0. The summed E-state index contributed by atoms with van der Waals surface area (Å²) in [5.41, 5.74) is 0. The molecule has 0 aromatic heterocycles. The number of amides is 2. The van der Waals surface area contributed by atoms with E-state index in [1.807, 2.05) is 19.9 Å². The molecule has 0 radical (unpaired) electrons. The van der Waals surface area contributed by atoms with Crippen LogP contribution in [0.1, 0.15) is 20.3 Å². The van der Waals surface area contributed by atoms with Gasteiger partial charge in [-0.2, -0.15) is 5.26 Å². The van der Waals surface area contributed by atoms with Gasteiger partial charge >= 0.3 is 6.03 Å². The van der Waals surface area contributed by atoms with Crippen LogP contribution in [0.4, 0.5) is 4.79 Å². The van der Waals surface area contributed by atoms with Crippen molar-refractivity contribution in [2.75, 3.05) is 6.54 Å². The van der Waals surface area contributed by atoms with Gasteiger partial charge in [-0.05, 0) is 13.3 Å². The Morgan fingerprint density at radius 3 is 2.82 bits per heavy atom. The number of rotatable bonds is 3. The number of nitrogens with one attached hydrogen (secondary N) is 2. The molecule has 2 N–H and O–H groups in total. The van der Waals surface area contributed by atoms with Gasteiger partial charge in [0.1, 0.15) is 6.54 Å². The molecule has 0 aromatic carbocycles. The summed E-state index contributed by atoms with van der Waals surface area (Å²) in [6.45, 7) is 3.95. The van der Waals surface area contributed by atoms with Gasteiger partial charge in [0.2, 0.25) is 0 Å². The summed E-state index contributed by atoms with van der Waals surface area (Å²) >= 11 is 0. The number of carbonyl (C=O) groups is 1. The van der Waals surface area contributed by atoms with Gasteiger partial charge in [0.05, 0.1) is 6.07 Å². The van der Waals surface area contributed by atoms with Gasteiger partial charge < -0.3 is 10.6 Å². The van der Waals surface area contributed by atoms with E-state index in [1.54, 1.807) is 0 Å². The maximum Gasteiger partial charge on any atom is 0.315 e. The molecule has 0 aliphatic rings. The lowest BCUT2D eigenvalue weighted by molar-refractivity contribution is 0.238. The summed E-state index contributed by atoms with van der Waals surface area (Å²) in [4.78, 5) is 10.8. The summed E-state index contributed by atoms with van der Waals surface area (Å²) in [7, 11) is 0. The molecule has 0 saturated heterocycles. The molecule has 0 saturated carbocycles. The van der Waals surface area contributed by atoms with Crippen molar-refractivity contribution in [1.82, 2.24) is 10.6 Å². The Balaban J connectivity index is 3.45. The molecule has 0 aliphatic heterocycles. The van der Waals surface area contributed by atoms with Crippen LogP contribution in [0.25, 0.3) is 0 Å². The Morgan fingerprint density at radius 2 is 2.36 bits per heavy atom. The van der Waals surface area contributed by atoms with Crippen molar-refractivity contribution in [2.45, 2.75) is 26.3 Å². The zero-order valence-electron chi connectivity index (χ0n) is 6.85. The normalized spacial score (nSPS) is 11.4. The van der Waals surface area contributed by atoms with Gasteiger partial charge in [0.25, 0.3) is 0 Å². The predicted octanol–water partition coefficient (Wildman–Crippen LogP) is 0.608. The van der Waals surface area contributed by atoms with Crippen molar-refractivity contribution in [1.29, 1.82) is 5.26 Å². The zero-order valence-corrected chi connectivity index (χ0v) is 6.85. The molecule has 1 atom stereocenters. The Labute approximate surface area is 66.6 Å². The number of hydrogen-bond acceptors (Lipinski definition) is 2. The lowest BCUT2D eigenvalue weighted by Gasteiger charge is -2.10. The van der Waals surface area contributed by atoms with E-state index in [1.165, 1.54) is 0 Å². The van der Waals surface area contributed by atoms with Crippen LogP contribution in [-0.4, -0.2) is 18.6 Å². The van der Waals surface area contributed by atoms with Crippen molar-refractivity contribution < 1.29 is 4.79 Å². The monoisotopic (exact) mass is 155 g/mol. The lowest BCUT2D eigenvalue weighted by Crippen LogP contribution is -2.40. The van der Waals surface area contributed by atoms with E-state index in [4.69, 9.17) is 5.26 Å². The van der Waals surface area contributed by atoms with Gasteiger partial charge in [-0.3, -0.25) is 0 Å². The Kier molecular flexibility index (Phi) is 4.91. The van der Waals surface area contributed by atoms with E-state index in [9.17, 15) is 4.79 Å². The van der Waals surface area contributed by atoms with E-state index in [0.717, 1.165) is 6.42 Å². The van der Waals surface area contributed by atoms with Crippen LogP contribution in [0.15, 0.2) is 0 Å². The lowest BCUT2D eigenvalue weighted by atomic mass is 10.3. The van der Waals surface area contributed by atoms with Gasteiger partial charge in [-0.15, -0.1) is 0 Å². The van der Waals surface area contributed by atoms with Crippen LogP contribution in [0.3, 0.4) is 0 Å². The second kappa shape index (κ2) is 5.54. The van der Waals surface area contributed by atoms with E-state index >= 15 is 0 Å². The molecule has 0 heterocycles. The first-order valence-corrected chi connectivity index (χ1v) is 3.62. The Morgan fingerprint density at radius 1 is 1.73 bits per heavy atom. The van der Waals surface area contributed by atoms with Crippen LogP contribution in [-0.2, 0) is 0 Å². The first-order chi connectivity index (χ1) is 5.20. The molecule has 0 rings (SSSR count). The van der Waals surface area contributed by atoms with Crippen LogP contribution < -0.4 is 10.6 Å². The molecular weight excluding hydrogens is 142 g/mol. The highest BCUT2D eigenvalue weighted by Crippen LogP contribution is 1.85. The van der Waals surface area contributed by atoms with E-state index < -0.39 is 0 Å². The van der Waals surface area contributed by atoms with Crippen LogP contribution >= 0.6 is 0 Å². The van der Waals surface area contributed by atoms with Crippen molar-refractivity contribution in [3.8, 4) is 6.07 Å². The minimum atomic E-state index is -0.277. The molecule has 62 valence electrons. The topological polar surface area (TPSA) is 64.9 Å². The minimum Gasteiger partial charge on any atom is -0.336 e. The van der Waals surface area contributed by atoms with E-state index in [2.05, 4.69) is 10.6 Å². The highest BCUT2D eigenvalue weighted by atomic mass is 16.2. The molecular formula is C7H13N3O. The third-order valence-electron chi connectivity index (χ3n) is 1.32. The highest BCUT2D eigenvalue weighted by Gasteiger charge is 2.02. The average molecular weight is 155 g/mol. The zero-order chi connectivity index (χ0) is 8.69. The fourth-order valence-corrected chi connectivity index (χ4v) is 0.497. The molecule has 2 amide bonds. The molecule has 11 heavy (non-hydrogen) atoms. The average Bonchev–Trinajstić information content (AvgIpc) is 2.00. The van der Waals surface area contributed by atoms with E-state index in [0.29, 0.717) is 0 Å². The van der Waals surface area contributed by atoms with Gasteiger partial charge in [-0.1, -0.05) is 6.92 Å². The summed E-state index contributed by atoms with van der Waals surface area (Å²) in [5, 5.41) is 13.2. The molecule has 0 spiro atoms. The van der Waals surface area contributed by atoms with Crippen molar-refractivity contribution >= 4 is 6.03 Å². The van der Waals surface area contributed by atoms with Crippen molar-refractivity contribution in [2.24, 2.45) is 0 Å². The second-order valence-corrected chi connectivity index (χ2v) is 2.29. The number of nitriles is 1. The fraction of sp³-hybridized carbons (Fsp3) is 0.714. The second-order valence-electron chi connectivity index (χ2n) is 2.29. The molecule has 0 bridgehead atoms. The number of nitrogens with zero attached hydrogens (tertiary/aromatic N) is 1. The summed E-state index contributed by atoms with van der Waals surface area (Å²) in [6, 6.07) is 1.70. The molecule has 0 aromatic rings. The quantitative estimate of drug-likeness (QED) is 0.586. The SMILES string of the molecule is CCC(C)NC(=O)NCC#N. The number of carbonyl (C=O) groups excluding carboxylic acids is 1. The Bertz CT molecular complexity index is 162. The summed E-state index contributed by atoms with van der Waals surface area (Å²) in [5.74, 6) is 0. The minimum absolute atomic E-state index is 0.0578. The van der Waals surface area contributed by atoms with Crippen molar-refractivity contribution in [3.63, 3.8) is 0 Å². The van der Waals surface area contributed by atoms with Crippen molar-refractivity contribution in [3.05, 3.63) is 0 Å². The fourth-order valence-electron chi connectivity index (χ4n) is 0.497. The third-order valence-corrected chi connectivity index (χ3v) is 1.32. The first-order valence-electron chi connectivity index (χ1n) is 3.62. The maximum atomic E-state index is 10.8. The molecule has 0 aliphatic carbocycles. The molecule has 0 fully saturated rings. The van der Waals surface area contributed by atoms with Gasteiger partial charge in [-0.25, -0.2) is 4.79 Å². The largest absolute Gasteiger partial charge is 0.336 e. The van der Waals surface area contributed by atoms with Gasteiger partial charge in [0.15, 0.2) is 0 Å². The Hall–Kier alpha value is -1.24. The van der Waals surface area contributed by atoms with Crippen LogP contribution in [0.2, 0.25) is 0 Å². The molecule has 4 heteroatoms. The number of hydrogen-bond donors (Lipinski definition) is 2. The third kappa shape index (κ3) is 5.22. The number of urea groups is 1. The van der Waals surface area contributed by atoms with Gasteiger partial charge in [0, 0.05) is 6.04 Å². The van der Waals surface area contributed by atoms with E-state index in [-0.39, 0.29) is 18.6 Å². The smallest absolute Gasteiger partial charge is 0.315 e. The standard InChI is InChI=1S/C7H13N3O/c1-3-6(2)10-7(11)9-5-4-8/h6H,3,5H2,1-2H3,(H2,9,10,11). The van der Waals surface area contributed by atoms with Crippen LogP contribution in [0, 0.1) is 11.3 Å². The highest BCUT2D eigenvalue weighted by molar-refractivity contribution is 5.74. The first kappa shape index (κ1) is 9.76. The van der Waals surface area contributed by atoms with Crippen LogP contribution in [0.5, 0.6) is 0 Å². The maximum absolute atomic E-state index is 10.8. The summed E-state index contributed by atoms with van der Waals surface area (Å²) in [6.07, 6.45) is 0.889. The molecule has 4 nitrogen and oxygen atoms in total.